The van der Waals surface area contributed by atoms with Gasteiger partial charge in [0.1, 0.15) is 10.7 Å². The lowest BCUT2D eigenvalue weighted by atomic mass is 10.0. The van der Waals surface area contributed by atoms with E-state index < -0.39 is 5.60 Å². The highest BCUT2D eigenvalue weighted by atomic mass is 32.1. The third kappa shape index (κ3) is 2.95. The van der Waals surface area contributed by atoms with E-state index in [1.807, 2.05) is 32.0 Å². The fourth-order valence-corrected chi connectivity index (χ4v) is 1.42. The maximum absolute atomic E-state index is 5.89. The van der Waals surface area contributed by atoms with Crippen LogP contribution in [0.1, 0.15) is 39.2 Å². The predicted octanol–water partition coefficient (Wildman–Crippen LogP) is 3.25. The smallest absolute Gasteiger partial charge is 0.153 e. The van der Waals surface area contributed by atoms with Crippen molar-refractivity contribution in [3.05, 3.63) is 29.8 Å². The van der Waals surface area contributed by atoms with Crippen molar-refractivity contribution in [2.24, 2.45) is 5.73 Å². The second-order valence-corrected chi connectivity index (χ2v) is 5.11. The molecular weight excluding hydrogens is 218 g/mol. The third-order valence-electron chi connectivity index (χ3n) is 2.50. The highest BCUT2D eigenvalue weighted by molar-refractivity contribution is 7.80. The zero-order valence-corrected chi connectivity index (χ0v) is 11.1. The van der Waals surface area contributed by atoms with Gasteiger partial charge in [0.2, 0.25) is 0 Å². The molecule has 0 aliphatic heterocycles. The van der Waals surface area contributed by atoms with Gasteiger partial charge >= 0.3 is 0 Å². The monoisotopic (exact) mass is 237 g/mol. The summed E-state index contributed by atoms with van der Waals surface area (Å²) in [6, 6.07) is 7.98. The SMILES string of the molecule is CC(C)c1ccccc1OC(C)(C)C(N)=S. The molecule has 0 unspecified atom stereocenters. The first-order valence-electron chi connectivity index (χ1n) is 5.42. The molecule has 0 aromatic heterocycles. The van der Waals surface area contributed by atoms with Crippen molar-refractivity contribution in [2.75, 3.05) is 0 Å². The molecule has 0 amide bonds. The Morgan fingerprint density at radius 3 is 2.38 bits per heavy atom. The number of rotatable bonds is 4. The summed E-state index contributed by atoms with van der Waals surface area (Å²) in [6.07, 6.45) is 0. The summed E-state index contributed by atoms with van der Waals surface area (Å²) in [7, 11) is 0. The summed E-state index contributed by atoms with van der Waals surface area (Å²) in [6.45, 7) is 8.03. The Hall–Kier alpha value is -1.09. The molecule has 1 aromatic rings. The van der Waals surface area contributed by atoms with Gasteiger partial charge in [-0.2, -0.15) is 0 Å². The van der Waals surface area contributed by atoms with E-state index in [4.69, 9.17) is 22.7 Å². The highest BCUT2D eigenvalue weighted by Gasteiger charge is 2.24. The van der Waals surface area contributed by atoms with Crippen LogP contribution in [-0.2, 0) is 0 Å². The maximum Gasteiger partial charge on any atom is 0.153 e. The van der Waals surface area contributed by atoms with Gasteiger partial charge in [-0.25, -0.2) is 0 Å². The minimum atomic E-state index is -0.611. The molecule has 88 valence electrons. The van der Waals surface area contributed by atoms with Crippen LogP contribution < -0.4 is 10.5 Å². The van der Waals surface area contributed by atoms with E-state index in [-0.39, 0.29) is 0 Å². The van der Waals surface area contributed by atoms with Gasteiger partial charge in [-0.05, 0) is 31.4 Å². The summed E-state index contributed by atoms with van der Waals surface area (Å²) in [4.78, 5) is 0.367. The first-order valence-corrected chi connectivity index (χ1v) is 5.83. The van der Waals surface area contributed by atoms with Crippen LogP contribution in [-0.4, -0.2) is 10.6 Å². The van der Waals surface area contributed by atoms with Gasteiger partial charge in [-0.3, -0.25) is 0 Å². The molecule has 0 aliphatic rings. The first kappa shape index (κ1) is 13.0. The minimum absolute atomic E-state index is 0.367. The van der Waals surface area contributed by atoms with Gasteiger partial charge in [-0.1, -0.05) is 44.3 Å². The normalized spacial score (nSPS) is 11.6. The highest BCUT2D eigenvalue weighted by Crippen LogP contribution is 2.28. The van der Waals surface area contributed by atoms with E-state index in [0.29, 0.717) is 10.9 Å². The second kappa shape index (κ2) is 4.83. The quantitative estimate of drug-likeness (QED) is 0.816. The molecule has 0 saturated carbocycles. The van der Waals surface area contributed by atoms with Crippen molar-refractivity contribution in [3.8, 4) is 5.75 Å². The van der Waals surface area contributed by atoms with Gasteiger partial charge in [0.25, 0.3) is 0 Å². The van der Waals surface area contributed by atoms with Crippen LogP contribution in [0.4, 0.5) is 0 Å². The number of benzene rings is 1. The standard InChI is InChI=1S/C13H19NOS/c1-9(2)10-7-5-6-8-11(10)15-13(3,4)12(14)16/h5-9H,1-4H3,(H2,14,16). The van der Waals surface area contributed by atoms with Crippen molar-refractivity contribution < 1.29 is 4.74 Å². The van der Waals surface area contributed by atoms with Crippen molar-refractivity contribution in [1.82, 2.24) is 0 Å². The predicted molar refractivity (Wildman–Crippen MR) is 72.0 cm³/mol. The fourth-order valence-electron chi connectivity index (χ4n) is 1.38. The van der Waals surface area contributed by atoms with E-state index in [1.54, 1.807) is 0 Å². The number of nitrogens with two attached hydrogens (primary N) is 1. The Bertz CT molecular complexity index is 385. The zero-order valence-electron chi connectivity index (χ0n) is 10.3. The molecule has 0 spiro atoms. The first-order chi connectivity index (χ1) is 7.34. The van der Waals surface area contributed by atoms with Crippen molar-refractivity contribution >= 4 is 17.2 Å². The zero-order chi connectivity index (χ0) is 12.3. The molecule has 2 N–H and O–H groups in total. The average molecular weight is 237 g/mol. The lowest BCUT2D eigenvalue weighted by molar-refractivity contribution is 0.181. The van der Waals surface area contributed by atoms with Crippen LogP contribution in [0, 0.1) is 0 Å². The molecule has 0 fully saturated rings. The van der Waals surface area contributed by atoms with E-state index in [1.165, 1.54) is 5.56 Å². The lowest BCUT2D eigenvalue weighted by Gasteiger charge is -2.27. The largest absolute Gasteiger partial charge is 0.480 e. The molecule has 0 saturated heterocycles. The molecular formula is C13H19NOS. The Labute approximate surface area is 103 Å². The molecule has 16 heavy (non-hydrogen) atoms. The number of ether oxygens (including phenoxy) is 1. The van der Waals surface area contributed by atoms with Crippen molar-refractivity contribution in [1.29, 1.82) is 0 Å². The van der Waals surface area contributed by atoms with Gasteiger partial charge in [0.05, 0.1) is 0 Å². The number of hydrogen-bond donors (Lipinski definition) is 1. The number of hydrogen-bond acceptors (Lipinski definition) is 2. The van der Waals surface area contributed by atoms with Gasteiger partial charge < -0.3 is 10.5 Å². The topological polar surface area (TPSA) is 35.2 Å². The van der Waals surface area contributed by atoms with Crippen LogP contribution in [0.15, 0.2) is 24.3 Å². The molecule has 1 rings (SSSR count). The van der Waals surface area contributed by atoms with E-state index in [0.717, 1.165) is 5.75 Å². The Morgan fingerprint density at radius 1 is 1.31 bits per heavy atom. The molecule has 0 aliphatic carbocycles. The second-order valence-electron chi connectivity index (χ2n) is 4.67. The molecule has 0 atom stereocenters. The minimum Gasteiger partial charge on any atom is -0.480 e. The third-order valence-corrected chi connectivity index (χ3v) is 2.99. The summed E-state index contributed by atoms with van der Waals surface area (Å²) in [5, 5.41) is 0. The average Bonchev–Trinajstić information content (AvgIpc) is 2.17. The van der Waals surface area contributed by atoms with Gasteiger partial charge in [0.15, 0.2) is 5.60 Å². The van der Waals surface area contributed by atoms with Crippen LogP contribution in [0.5, 0.6) is 5.75 Å². The molecule has 2 nitrogen and oxygen atoms in total. The summed E-state index contributed by atoms with van der Waals surface area (Å²) in [5.74, 6) is 1.27. The van der Waals surface area contributed by atoms with Gasteiger partial charge in [-0.15, -0.1) is 0 Å². The number of para-hydroxylation sites is 1. The maximum atomic E-state index is 5.89. The van der Waals surface area contributed by atoms with Crippen molar-refractivity contribution in [3.63, 3.8) is 0 Å². The summed E-state index contributed by atoms with van der Waals surface area (Å²) < 4.78 is 5.89. The fraction of sp³-hybridized carbons (Fsp3) is 0.462. The molecule has 0 bridgehead atoms. The van der Waals surface area contributed by atoms with E-state index in [2.05, 4.69) is 19.9 Å². The van der Waals surface area contributed by atoms with E-state index in [9.17, 15) is 0 Å². The Kier molecular flexibility index (Phi) is 3.92. The van der Waals surface area contributed by atoms with Crippen LogP contribution in [0.25, 0.3) is 0 Å². The Morgan fingerprint density at radius 2 is 1.88 bits per heavy atom. The van der Waals surface area contributed by atoms with Crippen molar-refractivity contribution in [2.45, 2.75) is 39.2 Å². The summed E-state index contributed by atoms with van der Waals surface area (Å²) in [5.41, 5.74) is 6.21. The Balaban J connectivity index is 3.01. The van der Waals surface area contributed by atoms with Crippen LogP contribution in [0.2, 0.25) is 0 Å². The molecule has 0 radical (unpaired) electrons. The van der Waals surface area contributed by atoms with Crippen LogP contribution >= 0.6 is 12.2 Å². The summed E-state index contributed by atoms with van der Waals surface area (Å²) >= 11 is 4.99. The van der Waals surface area contributed by atoms with Crippen LogP contribution in [0.3, 0.4) is 0 Å². The molecule has 1 aromatic carbocycles. The number of thiocarbonyl (C=S) groups is 1. The molecule has 0 heterocycles. The molecule has 3 heteroatoms. The van der Waals surface area contributed by atoms with E-state index >= 15 is 0 Å². The van der Waals surface area contributed by atoms with Gasteiger partial charge in [0, 0.05) is 0 Å². The lowest BCUT2D eigenvalue weighted by Crippen LogP contribution is -2.42.